The van der Waals surface area contributed by atoms with Crippen LogP contribution in [0.1, 0.15) is 144 Å². The summed E-state index contributed by atoms with van der Waals surface area (Å²) in [5.74, 6) is -2.94. The fraction of sp³-hybridized carbons (Fsp3) is 0.559. The van der Waals surface area contributed by atoms with Crippen LogP contribution in [0.3, 0.4) is 0 Å². The number of nitrogens with zero attached hydrogens (tertiary/aromatic N) is 1. The highest BCUT2D eigenvalue weighted by Crippen LogP contribution is 2.40. The maximum atomic E-state index is 14.9. The van der Waals surface area contributed by atoms with Gasteiger partial charge >= 0.3 is 0 Å². The zero-order valence-corrected chi connectivity index (χ0v) is 48.5. The van der Waals surface area contributed by atoms with E-state index in [4.69, 9.17) is 0 Å². The van der Waals surface area contributed by atoms with E-state index < -0.39 is 82.7 Å². The number of rotatable bonds is 17. The molecule has 78 heavy (non-hydrogen) atoms. The van der Waals surface area contributed by atoms with Gasteiger partial charge in [0.1, 0.15) is 12.1 Å². The molecule has 0 spiro atoms. The van der Waals surface area contributed by atoms with Crippen LogP contribution in [0, 0.1) is 22.7 Å². The largest absolute Gasteiger partial charge is 0.349 e. The van der Waals surface area contributed by atoms with Gasteiger partial charge < -0.3 is 47.4 Å². The first-order valence-corrected chi connectivity index (χ1v) is 29.5. The number of carbonyl (C=O) groups excluding carboxylic acids is 8. The Hall–Kier alpha value is -5.76. The standard InChI is InChI=1S/C59H81N9O8S2/c1-33(60-9)51(70)66-49(58(3,4)5)48(69)39-22-16-19-37(30-42(39)55(74)64-43-25-27-77-46-23-13-11-20-40(43)46)62-53(72)35-17-15-18-36(29-35)54(73)63-38-31-45(56(75)65-44-26-28-78-47-24-14-12-21-41(44)47)68(32-38)57(76)50(59(6,7)8)67-52(71)34(2)61-10/h11-15,17-18,20-21,23-24,29,33-34,37-39,42-45,49-50,60-61H,16,19,22,25-28,30-32H2,1-10H3,(H,62,72)(H,63,73)(H,64,74)(H,65,75)(H,66,70)(H,67,71)/t33-,34-,37+,38-,39?,42+,43?,44?,45-,49+,50+/m0/s1. The minimum Gasteiger partial charge on any atom is -0.349 e. The van der Waals surface area contributed by atoms with E-state index in [-0.39, 0.29) is 72.0 Å². The lowest BCUT2D eigenvalue weighted by Gasteiger charge is -2.36. The lowest BCUT2D eigenvalue weighted by molar-refractivity contribution is -0.144. The normalized spacial score (nSPS) is 23.8. The maximum absolute atomic E-state index is 14.9. The van der Waals surface area contributed by atoms with Gasteiger partial charge in [-0.25, -0.2) is 0 Å². The lowest BCUT2D eigenvalue weighted by Crippen LogP contribution is -2.59. The Morgan fingerprint density at radius 2 is 1.06 bits per heavy atom. The second-order valence-electron chi connectivity index (χ2n) is 23.6. The summed E-state index contributed by atoms with van der Waals surface area (Å²) in [6.45, 7) is 14.7. The molecule has 1 saturated carbocycles. The molecule has 17 nitrogen and oxygen atoms in total. The van der Waals surface area contributed by atoms with Crippen LogP contribution in [0.4, 0.5) is 0 Å². The third-order valence-electron chi connectivity index (χ3n) is 15.8. The van der Waals surface area contributed by atoms with Crippen LogP contribution in [0.25, 0.3) is 0 Å². The summed E-state index contributed by atoms with van der Waals surface area (Å²) >= 11 is 3.47. The van der Waals surface area contributed by atoms with Crippen molar-refractivity contribution in [3.63, 3.8) is 0 Å². The van der Waals surface area contributed by atoms with Gasteiger partial charge in [0.25, 0.3) is 11.8 Å². The van der Waals surface area contributed by atoms with E-state index in [0.29, 0.717) is 32.1 Å². The fourth-order valence-corrected chi connectivity index (χ4v) is 13.2. The van der Waals surface area contributed by atoms with E-state index in [1.165, 1.54) is 11.0 Å². The van der Waals surface area contributed by atoms with Crippen LogP contribution < -0.4 is 42.5 Å². The predicted molar refractivity (Wildman–Crippen MR) is 305 cm³/mol. The third kappa shape index (κ3) is 14.5. The van der Waals surface area contributed by atoms with Crippen molar-refractivity contribution >= 4 is 70.7 Å². The Bertz CT molecular complexity index is 2710. The lowest BCUT2D eigenvalue weighted by atomic mass is 9.74. The van der Waals surface area contributed by atoms with Crippen LogP contribution >= 0.6 is 23.5 Å². The molecular formula is C59H81N9O8S2. The molecule has 0 aromatic heterocycles. The molecule has 3 heterocycles. The smallest absolute Gasteiger partial charge is 0.251 e. The van der Waals surface area contributed by atoms with Gasteiger partial charge in [-0.1, -0.05) is 90.4 Å². The summed E-state index contributed by atoms with van der Waals surface area (Å²) in [5.41, 5.74) is 0.993. The van der Waals surface area contributed by atoms with Crippen LogP contribution in [0.15, 0.2) is 82.6 Å². The minimum atomic E-state index is -0.994. The molecule has 1 saturated heterocycles. The number of fused-ring (bicyclic) bond motifs is 2. The Labute approximate surface area is 468 Å². The highest BCUT2D eigenvalue weighted by atomic mass is 32.2. The Balaban J connectivity index is 1.09. The number of Topliss-reactive ketones (excluding diaryl/α,β-unsaturated/α-hetero) is 1. The van der Waals surface area contributed by atoms with E-state index in [2.05, 4.69) is 42.5 Å². The van der Waals surface area contributed by atoms with Crippen molar-refractivity contribution in [2.75, 3.05) is 32.1 Å². The van der Waals surface area contributed by atoms with Gasteiger partial charge in [-0.05, 0) is 119 Å². The second-order valence-corrected chi connectivity index (χ2v) is 25.8. The summed E-state index contributed by atoms with van der Waals surface area (Å²) in [5, 5.41) is 24.5. The van der Waals surface area contributed by atoms with Gasteiger partial charge in [-0.3, -0.25) is 38.4 Å². The number of likely N-dealkylation sites (tertiary alicyclic amines) is 1. The van der Waals surface area contributed by atoms with Crippen molar-refractivity contribution in [2.24, 2.45) is 22.7 Å². The molecule has 11 atom stereocenters. The topological polar surface area (TPSA) is 236 Å². The molecule has 7 rings (SSSR count). The molecule has 7 amide bonds. The van der Waals surface area contributed by atoms with Crippen molar-refractivity contribution in [2.45, 2.75) is 165 Å². The molecule has 1 aliphatic carbocycles. The van der Waals surface area contributed by atoms with Gasteiger partial charge in [0.15, 0.2) is 5.78 Å². The van der Waals surface area contributed by atoms with Crippen molar-refractivity contribution in [3.8, 4) is 0 Å². The van der Waals surface area contributed by atoms with Crippen molar-refractivity contribution in [1.82, 2.24) is 47.4 Å². The average Bonchev–Trinajstić information content (AvgIpc) is 3.78. The van der Waals surface area contributed by atoms with Crippen LogP contribution in [-0.2, 0) is 28.8 Å². The zero-order chi connectivity index (χ0) is 56.6. The van der Waals surface area contributed by atoms with Crippen molar-refractivity contribution in [1.29, 1.82) is 0 Å². The molecule has 422 valence electrons. The fourth-order valence-electron chi connectivity index (χ4n) is 11.0. The average molecular weight is 1110 g/mol. The van der Waals surface area contributed by atoms with E-state index in [1.807, 2.05) is 90.1 Å². The summed E-state index contributed by atoms with van der Waals surface area (Å²) in [4.78, 5) is 118. The second kappa shape index (κ2) is 26.0. The Kier molecular flexibility index (Phi) is 20.0. The summed E-state index contributed by atoms with van der Waals surface area (Å²) in [6.07, 6.45) is 3.07. The monoisotopic (exact) mass is 1110 g/mol. The molecule has 19 heteroatoms. The quantitative estimate of drug-likeness (QED) is 0.0745. The first-order valence-electron chi connectivity index (χ1n) is 27.5. The molecular weight excluding hydrogens is 1030 g/mol. The molecule has 3 unspecified atom stereocenters. The number of carbonyl (C=O) groups is 8. The van der Waals surface area contributed by atoms with E-state index in [1.54, 1.807) is 69.7 Å². The van der Waals surface area contributed by atoms with E-state index in [9.17, 15) is 38.4 Å². The minimum absolute atomic E-state index is 0.00590. The van der Waals surface area contributed by atoms with E-state index in [0.717, 1.165) is 32.4 Å². The maximum Gasteiger partial charge on any atom is 0.251 e. The molecule has 4 aliphatic rings. The van der Waals surface area contributed by atoms with Gasteiger partial charge in [-0.2, -0.15) is 0 Å². The first kappa shape index (κ1) is 59.9. The predicted octanol–water partition coefficient (Wildman–Crippen LogP) is 5.84. The Morgan fingerprint density at radius 3 is 1.59 bits per heavy atom. The zero-order valence-electron chi connectivity index (χ0n) is 46.9. The molecule has 2 fully saturated rings. The number of benzene rings is 3. The van der Waals surface area contributed by atoms with Gasteiger partial charge in [0.05, 0.1) is 30.2 Å². The molecule has 3 aromatic rings. The molecule has 0 radical (unpaired) electrons. The molecule has 8 N–H and O–H groups in total. The van der Waals surface area contributed by atoms with Crippen molar-refractivity contribution in [3.05, 3.63) is 95.1 Å². The molecule has 3 aliphatic heterocycles. The van der Waals surface area contributed by atoms with Crippen molar-refractivity contribution < 1.29 is 38.4 Å². The number of amides is 7. The SMILES string of the molecule is CN[C@@H](C)C(=O)N[C@H](C(=O)C1CCC[C@@H](NC(=O)c2cccc(C(=O)N[C@H]3C[C@@H](C(=O)NC4CCSc5ccccc54)N(C(=O)[C@@H](NC(=O)[C@H](C)NC)C(C)(C)C)C3)c2)C[C@H]1C(=O)NC1CCSc2ccccc21)C(C)(C)C. The van der Waals surface area contributed by atoms with Crippen LogP contribution in [-0.4, -0.2) is 126 Å². The Morgan fingerprint density at radius 1 is 0.564 bits per heavy atom. The number of hydrogen-bond acceptors (Lipinski definition) is 12. The van der Waals surface area contributed by atoms with Gasteiger partial charge in [0, 0.05) is 62.9 Å². The van der Waals surface area contributed by atoms with Crippen LogP contribution in [0.2, 0.25) is 0 Å². The number of hydrogen-bond donors (Lipinski definition) is 8. The molecule has 0 bridgehead atoms. The van der Waals surface area contributed by atoms with Gasteiger partial charge in [-0.15, -0.1) is 23.5 Å². The molecule has 3 aromatic carbocycles. The highest BCUT2D eigenvalue weighted by Gasteiger charge is 2.47. The van der Waals surface area contributed by atoms with Crippen LogP contribution in [0.5, 0.6) is 0 Å². The highest BCUT2D eigenvalue weighted by molar-refractivity contribution is 7.99. The summed E-state index contributed by atoms with van der Waals surface area (Å²) in [7, 11) is 3.33. The number of nitrogens with one attached hydrogen (secondary N) is 8. The first-order chi connectivity index (χ1) is 37.0. The third-order valence-corrected chi connectivity index (χ3v) is 18.0. The van der Waals surface area contributed by atoms with E-state index >= 15 is 0 Å². The van der Waals surface area contributed by atoms with Gasteiger partial charge in [0.2, 0.25) is 29.5 Å². The number of likely N-dealkylation sites (N-methyl/N-ethyl adjacent to an activating group) is 2. The number of thioether (sulfide) groups is 2. The summed E-state index contributed by atoms with van der Waals surface area (Å²) in [6, 6.07) is 16.5. The summed E-state index contributed by atoms with van der Waals surface area (Å²) < 4.78 is 0. The number of ketones is 1.